The molecule has 0 saturated heterocycles. The Balaban J connectivity index is 1.94. The quantitative estimate of drug-likeness (QED) is 0.782. The fourth-order valence-electron chi connectivity index (χ4n) is 2.52. The Kier molecular flexibility index (Phi) is 4.08. The topological polar surface area (TPSA) is 89.8 Å². The lowest BCUT2D eigenvalue weighted by Crippen LogP contribution is -2.13. The van der Waals surface area contributed by atoms with Gasteiger partial charge in [-0.15, -0.1) is 0 Å². The van der Waals surface area contributed by atoms with Gasteiger partial charge in [0.25, 0.3) is 5.91 Å². The van der Waals surface area contributed by atoms with Crippen LogP contribution < -0.4 is 15.2 Å². The van der Waals surface area contributed by atoms with Crippen molar-refractivity contribution in [1.29, 1.82) is 5.26 Å². The Morgan fingerprint density at radius 2 is 2.17 bits per heavy atom. The van der Waals surface area contributed by atoms with Gasteiger partial charge >= 0.3 is 0 Å². The average Bonchev–Trinajstić information content (AvgIpc) is 2.96. The van der Waals surface area contributed by atoms with E-state index in [0.717, 1.165) is 11.1 Å². The number of ether oxygens (including phenoxy) is 2. The number of benzene rings is 1. The molecule has 24 heavy (non-hydrogen) atoms. The first-order valence-electron chi connectivity index (χ1n) is 7.23. The monoisotopic (exact) mass is 321 g/mol. The molecular weight excluding hydrogens is 306 g/mol. The third-order valence-corrected chi connectivity index (χ3v) is 3.71. The largest absolute Gasteiger partial charge is 0.497 e. The minimum Gasteiger partial charge on any atom is -0.497 e. The number of carbonyl (C=O) groups excluding carboxylic acids is 1. The first-order valence-corrected chi connectivity index (χ1v) is 7.23. The van der Waals surface area contributed by atoms with Gasteiger partial charge in [-0.25, -0.2) is 0 Å². The normalized spacial score (nSPS) is 10.3. The number of pyridine rings is 1. The molecule has 1 aromatic carbocycles. The van der Waals surface area contributed by atoms with E-state index in [4.69, 9.17) is 15.2 Å². The van der Waals surface area contributed by atoms with Crippen molar-refractivity contribution in [2.45, 2.75) is 6.61 Å². The predicted molar refractivity (Wildman–Crippen MR) is 88.0 cm³/mol. The van der Waals surface area contributed by atoms with Gasteiger partial charge in [0, 0.05) is 24.0 Å². The Bertz CT molecular complexity index is 954. The highest BCUT2D eigenvalue weighted by Crippen LogP contribution is 2.26. The van der Waals surface area contributed by atoms with Crippen molar-refractivity contribution in [3.8, 4) is 17.6 Å². The lowest BCUT2D eigenvalue weighted by Gasteiger charge is -2.10. The molecule has 3 rings (SSSR count). The van der Waals surface area contributed by atoms with Gasteiger partial charge in [-0.2, -0.15) is 5.26 Å². The molecule has 6 nitrogen and oxygen atoms in total. The number of nitriles is 1. The number of aromatic nitrogens is 1. The molecule has 0 fully saturated rings. The highest BCUT2D eigenvalue weighted by molar-refractivity contribution is 5.95. The summed E-state index contributed by atoms with van der Waals surface area (Å²) < 4.78 is 12.8. The molecular formula is C18H15N3O3. The molecule has 0 radical (unpaired) electrons. The maximum atomic E-state index is 11.5. The molecule has 0 spiro atoms. The number of methoxy groups -OCH3 is 1. The zero-order chi connectivity index (χ0) is 17.1. The number of amides is 1. The molecule has 0 aliphatic rings. The third kappa shape index (κ3) is 2.75. The lowest BCUT2D eigenvalue weighted by atomic mass is 10.1. The zero-order valence-electron chi connectivity index (χ0n) is 13.0. The minimum atomic E-state index is -0.588. The fraction of sp³-hybridized carbons (Fsp3) is 0.111. The van der Waals surface area contributed by atoms with Crippen LogP contribution in [0.3, 0.4) is 0 Å². The summed E-state index contributed by atoms with van der Waals surface area (Å²) in [5, 5.41) is 9.41. The van der Waals surface area contributed by atoms with Crippen molar-refractivity contribution in [1.82, 2.24) is 4.40 Å². The van der Waals surface area contributed by atoms with Crippen molar-refractivity contribution in [3.63, 3.8) is 0 Å². The second-order valence-electron chi connectivity index (χ2n) is 5.15. The Morgan fingerprint density at radius 1 is 1.33 bits per heavy atom. The summed E-state index contributed by atoms with van der Waals surface area (Å²) in [5.74, 6) is 0.286. The van der Waals surface area contributed by atoms with E-state index in [1.807, 2.05) is 35.0 Å². The number of primary amides is 1. The highest BCUT2D eigenvalue weighted by atomic mass is 16.5. The molecule has 0 bridgehead atoms. The third-order valence-electron chi connectivity index (χ3n) is 3.71. The summed E-state index contributed by atoms with van der Waals surface area (Å²) in [6, 6.07) is 12.6. The van der Waals surface area contributed by atoms with Gasteiger partial charge in [-0.05, 0) is 24.3 Å². The van der Waals surface area contributed by atoms with E-state index in [0.29, 0.717) is 17.1 Å². The highest BCUT2D eigenvalue weighted by Gasteiger charge is 2.14. The van der Waals surface area contributed by atoms with E-state index in [-0.39, 0.29) is 12.2 Å². The number of carbonyl (C=O) groups is 1. The van der Waals surface area contributed by atoms with Gasteiger partial charge in [0.05, 0.1) is 23.8 Å². The van der Waals surface area contributed by atoms with Gasteiger partial charge in [0.1, 0.15) is 24.2 Å². The van der Waals surface area contributed by atoms with Gasteiger partial charge in [0.2, 0.25) is 0 Å². The van der Waals surface area contributed by atoms with E-state index in [1.165, 1.54) is 7.11 Å². The van der Waals surface area contributed by atoms with Gasteiger partial charge in [0.15, 0.2) is 0 Å². The summed E-state index contributed by atoms with van der Waals surface area (Å²) in [6.45, 7) is 0.137. The SMILES string of the molecule is COc1ccc(C(N)=O)c(OCc2cn3ccccc3c2C#N)c1. The van der Waals surface area contributed by atoms with Crippen LogP contribution in [-0.2, 0) is 6.61 Å². The van der Waals surface area contributed by atoms with Gasteiger partial charge in [-0.1, -0.05) is 6.07 Å². The molecule has 2 aromatic heterocycles. The van der Waals surface area contributed by atoms with Crippen LogP contribution in [0.15, 0.2) is 48.8 Å². The van der Waals surface area contributed by atoms with Crippen LogP contribution in [0.25, 0.3) is 5.52 Å². The molecule has 2 N–H and O–H groups in total. The molecule has 1 amide bonds. The molecule has 2 heterocycles. The lowest BCUT2D eigenvalue weighted by molar-refractivity contribution is 0.0996. The molecule has 6 heteroatoms. The summed E-state index contributed by atoms with van der Waals surface area (Å²) >= 11 is 0. The van der Waals surface area contributed by atoms with Crippen LogP contribution in [0.5, 0.6) is 11.5 Å². The molecule has 0 unspecified atom stereocenters. The number of hydrogen-bond donors (Lipinski definition) is 1. The predicted octanol–water partition coefficient (Wildman–Crippen LogP) is 2.50. The Labute approximate surface area is 138 Å². The number of nitrogens with two attached hydrogens (primary N) is 1. The summed E-state index contributed by atoms with van der Waals surface area (Å²) in [5.41, 5.74) is 7.71. The number of nitrogens with zero attached hydrogens (tertiary/aromatic N) is 2. The maximum Gasteiger partial charge on any atom is 0.252 e. The van der Waals surface area contributed by atoms with Crippen molar-refractivity contribution >= 4 is 11.4 Å². The molecule has 0 saturated carbocycles. The number of hydrogen-bond acceptors (Lipinski definition) is 4. The first kappa shape index (κ1) is 15.4. The van der Waals surface area contributed by atoms with Crippen LogP contribution in [-0.4, -0.2) is 17.4 Å². The van der Waals surface area contributed by atoms with Gasteiger partial charge in [-0.3, -0.25) is 4.79 Å². The molecule has 0 aliphatic carbocycles. The smallest absolute Gasteiger partial charge is 0.252 e. The van der Waals surface area contributed by atoms with E-state index < -0.39 is 5.91 Å². The van der Waals surface area contributed by atoms with E-state index in [9.17, 15) is 10.1 Å². The van der Waals surface area contributed by atoms with Crippen molar-refractivity contribution in [2.75, 3.05) is 7.11 Å². The van der Waals surface area contributed by atoms with Crippen LogP contribution in [0.1, 0.15) is 21.5 Å². The fourth-order valence-corrected chi connectivity index (χ4v) is 2.52. The van der Waals surface area contributed by atoms with Crippen LogP contribution in [0.2, 0.25) is 0 Å². The molecule has 0 aliphatic heterocycles. The van der Waals surface area contributed by atoms with Gasteiger partial charge < -0.3 is 19.6 Å². The Hall–Kier alpha value is -3.46. The zero-order valence-corrected chi connectivity index (χ0v) is 13.0. The summed E-state index contributed by atoms with van der Waals surface area (Å²) in [7, 11) is 1.53. The second kappa shape index (κ2) is 6.34. The van der Waals surface area contributed by atoms with Crippen LogP contribution in [0.4, 0.5) is 0 Å². The molecule has 3 aromatic rings. The van der Waals surface area contributed by atoms with Crippen LogP contribution >= 0.6 is 0 Å². The first-order chi connectivity index (χ1) is 11.6. The van der Waals surface area contributed by atoms with Crippen molar-refractivity contribution in [3.05, 3.63) is 65.5 Å². The van der Waals surface area contributed by atoms with E-state index in [2.05, 4.69) is 6.07 Å². The van der Waals surface area contributed by atoms with Crippen LogP contribution in [0, 0.1) is 11.3 Å². The van der Waals surface area contributed by atoms with E-state index >= 15 is 0 Å². The maximum absolute atomic E-state index is 11.5. The van der Waals surface area contributed by atoms with Crippen molar-refractivity contribution in [2.24, 2.45) is 5.73 Å². The minimum absolute atomic E-state index is 0.137. The number of fused-ring (bicyclic) bond motifs is 1. The summed E-state index contributed by atoms with van der Waals surface area (Å²) in [6.07, 6.45) is 3.69. The molecule has 120 valence electrons. The number of rotatable bonds is 5. The van der Waals surface area contributed by atoms with Crippen molar-refractivity contribution < 1.29 is 14.3 Å². The molecule has 0 atom stereocenters. The standard InChI is InChI=1S/C18H15N3O3/c1-23-13-5-6-14(18(20)22)17(8-13)24-11-12-10-21-7-3-2-4-16(21)15(12)9-19/h2-8,10H,11H2,1H3,(H2,20,22). The second-order valence-corrected chi connectivity index (χ2v) is 5.15. The Morgan fingerprint density at radius 3 is 2.88 bits per heavy atom. The average molecular weight is 321 g/mol. The summed E-state index contributed by atoms with van der Waals surface area (Å²) in [4.78, 5) is 11.5. The van der Waals surface area contributed by atoms with E-state index in [1.54, 1.807) is 18.2 Å².